The van der Waals surface area contributed by atoms with Crippen molar-refractivity contribution in [1.29, 1.82) is 0 Å². The molecular weight excluding hydrogens is 266 g/mol. The molecule has 2 rings (SSSR count). The van der Waals surface area contributed by atoms with E-state index in [0.29, 0.717) is 25.2 Å². The summed E-state index contributed by atoms with van der Waals surface area (Å²) in [6.45, 7) is 3.07. The first-order chi connectivity index (χ1) is 9.02. The van der Waals surface area contributed by atoms with Gasteiger partial charge in [-0.3, -0.25) is 9.62 Å². The van der Waals surface area contributed by atoms with Crippen molar-refractivity contribution >= 4 is 27.4 Å². The van der Waals surface area contributed by atoms with E-state index in [1.165, 1.54) is 0 Å². The number of anilines is 2. The van der Waals surface area contributed by atoms with Gasteiger partial charge in [-0.25, -0.2) is 13.2 Å². The highest BCUT2D eigenvalue weighted by Gasteiger charge is 2.20. The Morgan fingerprint density at radius 1 is 1.32 bits per heavy atom. The number of hydrogen-bond donors (Lipinski definition) is 2. The molecule has 1 fully saturated rings. The molecule has 0 spiro atoms. The lowest BCUT2D eigenvalue weighted by Gasteiger charge is -2.15. The Bertz CT molecular complexity index is 554. The van der Waals surface area contributed by atoms with Crippen LogP contribution in [0.4, 0.5) is 16.2 Å². The molecule has 0 radical (unpaired) electrons. The van der Waals surface area contributed by atoms with E-state index in [0.717, 1.165) is 5.69 Å². The van der Waals surface area contributed by atoms with Crippen molar-refractivity contribution in [3.05, 3.63) is 24.3 Å². The van der Waals surface area contributed by atoms with Crippen molar-refractivity contribution in [3.63, 3.8) is 0 Å². The molecule has 1 aromatic carbocycles. The fourth-order valence-corrected chi connectivity index (χ4v) is 3.06. The maximum Gasteiger partial charge on any atom is 0.321 e. The minimum Gasteiger partial charge on any atom is -0.336 e. The second-order valence-corrected chi connectivity index (χ2v) is 6.19. The summed E-state index contributed by atoms with van der Waals surface area (Å²) in [5.74, 6) is 0.100. The number of urea groups is 1. The molecule has 104 valence electrons. The third kappa shape index (κ3) is 3.37. The van der Waals surface area contributed by atoms with Gasteiger partial charge in [0, 0.05) is 24.5 Å². The molecule has 1 aliphatic heterocycles. The molecule has 0 atom stereocenters. The van der Waals surface area contributed by atoms with E-state index in [-0.39, 0.29) is 11.8 Å². The molecule has 6 nitrogen and oxygen atoms in total. The summed E-state index contributed by atoms with van der Waals surface area (Å²) >= 11 is 0. The number of nitrogens with one attached hydrogen (secondary N) is 2. The van der Waals surface area contributed by atoms with E-state index in [1.807, 2.05) is 6.92 Å². The van der Waals surface area contributed by atoms with Gasteiger partial charge in [0.2, 0.25) is 10.0 Å². The lowest BCUT2D eigenvalue weighted by molar-refractivity contribution is 0.252. The highest BCUT2D eigenvalue weighted by molar-refractivity contribution is 7.92. The topological polar surface area (TPSA) is 78.5 Å². The first-order valence-corrected chi connectivity index (χ1v) is 7.83. The number of rotatable bonds is 5. The lowest BCUT2D eigenvalue weighted by Crippen LogP contribution is -2.27. The minimum atomic E-state index is -3.27. The van der Waals surface area contributed by atoms with Crippen molar-refractivity contribution in [1.82, 2.24) is 5.32 Å². The zero-order valence-electron chi connectivity index (χ0n) is 10.7. The van der Waals surface area contributed by atoms with Gasteiger partial charge in [0.05, 0.1) is 5.75 Å². The van der Waals surface area contributed by atoms with Crippen molar-refractivity contribution in [2.75, 3.05) is 28.5 Å². The monoisotopic (exact) mass is 283 g/mol. The van der Waals surface area contributed by atoms with Crippen LogP contribution in [-0.4, -0.2) is 33.3 Å². The van der Waals surface area contributed by atoms with Crippen molar-refractivity contribution in [2.24, 2.45) is 0 Å². The van der Waals surface area contributed by atoms with Crippen molar-refractivity contribution < 1.29 is 13.2 Å². The van der Waals surface area contributed by atoms with Gasteiger partial charge in [-0.1, -0.05) is 6.92 Å². The Morgan fingerprint density at radius 3 is 2.53 bits per heavy atom. The van der Waals surface area contributed by atoms with Crippen LogP contribution in [0, 0.1) is 0 Å². The van der Waals surface area contributed by atoms with E-state index in [1.54, 1.807) is 29.2 Å². The second-order valence-electron chi connectivity index (χ2n) is 4.35. The summed E-state index contributed by atoms with van der Waals surface area (Å²) < 4.78 is 25.7. The molecule has 0 aliphatic carbocycles. The molecule has 2 N–H and O–H groups in total. The molecule has 0 aromatic heterocycles. The standard InChI is InChI=1S/C12H17N3O3S/c1-2-9-19(17,18)14-10-3-5-11(6-4-10)15-8-7-13-12(15)16/h3-6,14H,2,7-9H2,1H3,(H,13,16). The first-order valence-electron chi connectivity index (χ1n) is 6.18. The van der Waals surface area contributed by atoms with Gasteiger partial charge < -0.3 is 5.32 Å². The predicted octanol–water partition coefficient (Wildman–Crippen LogP) is 1.37. The molecule has 0 bridgehead atoms. The van der Waals surface area contributed by atoms with Crippen molar-refractivity contribution in [2.45, 2.75) is 13.3 Å². The van der Waals surface area contributed by atoms with Crippen LogP contribution in [-0.2, 0) is 10.0 Å². The zero-order valence-corrected chi connectivity index (χ0v) is 11.5. The van der Waals surface area contributed by atoms with Gasteiger partial charge >= 0.3 is 6.03 Å². The first kappa shape index (κ1) is 13.7. The van der Waals surface area contributed by atoms with Crippen LogP contribution in [0.15, 0.2) is 24.3 Å². The van der Waals surface area contributed by atoms with E-state index in [2.05, 4.69) is 10.0 Å². The normalized spacial score (nSPS) is 15.4. The summed E-state index contributed by atoms with van der Waals surface area (Å²) in [7, 11) is -3.27. The molecular formula is C12H17N3O3S. The molecule has 0 saturated carbocycles. The van der Waals surface area contributed by atoms with E-state index in [4.69, 9.17) is 0 Å². The number of sulfonamides is 1. The summed E-state index contributed by atoms with van der Waals surface area (Å²) in [5.41, 5.74) is 1.27. The van der Waals surface area contributed by atoms with Gasteiger partial charge in [0.25, 0.3) is 0 Å². The third-order valence-corrected chi connectivity index (χ3v) is 4.27. The van der Waals surface area contributed by atoms with Gasteiger partial charge in [0.15, 0.2) is 0 Å². The molecule has 1 saturated heterocycles. The highest BCUT2D eigenvalue weighted by atomic mass is 32.2. The van der Waals surface area contributed by atoms with Gasteiger partial charge in [0.1, 0.15) is 0 Å². The maximum atomic E-state index is 11.6. The second kappa shape index (κ2) is 5.48. The van der Waals surface area contributed by atoms with E-state index < -0.39 is 10.0 Å². The van der Waals surface area contributed by atoms with Crippen LogP contribution in [0.3, 0.4) is 0 Å². The average molecular weight is 283 g/mol. The largest absolute Gasteiger partial charge is 0.336 e. The molecule has 1 aliphatic rings. The lowest BCUT2D eigenvalue weighted by atomic mass is 10.2. The summed E-state index contributed by atoms with van der Waals surface area (Å²) in [6.07, 6.45) is 0.571. The Balaban J connectivity index is 2.08. The number of benzene rings is 1. The van der Waals surface area contributed by atoms with E-state index in [9.17, 15) is 13.2 Å². The third-order valence-electron chi connectivity index (χ3n) is 2.78. The molecule has 19 heavy (non-hydrogen) atoms. The van der Waals surface area contributed by atoms with Gasteiger partial charge in [-0.05, 0) is 30.7 Å². The van der Waals surface area contributed by atoms with Crippen LogP contribution in [0.5, 0.6) is 0 Å². The van der Waals surface area contributed by atoms with Gasteiger partial charge in [-0.2, -0.15) is 0 Å². The zero-order chi connectivity index (χ0) is 13.9. The number of carbonyl (C=O) groups is 1. The van der Waals surface area contributed by atoms with Crippen LogP contribution >= 0.6 is 0 Å². The highest BCUT2D eigenvalue weighted by Crippen LogP contribution is 2.20. The summed E-state index contributed by atoms with van der Waals surface area (Å²) in [5, 5.41) is 2.71. The quantitative estimate of drug-likeness (QED) is 0.856. The summed E-state index contributed by atoms with van der Waals surface area (Å²) in [6, 6.07) is 6.66. The van der Waals surface area contributed by atoms with Crippen LogP contribution in [0.2, 0.25) is 0 Å². The van der Waals surface area contributed by atoms with Crippen molar-refractivity contribution in [3.8, 4) is 0 Å². The predicted molar refractivity (Wildman–Crippen MR) is 74.9 cm³/mol. The van der Waals surface area contributed by atoms with Gasteiger partial charge in [-0.15, -0.1) is 0 Å². The minimum absolute atomic E-state index is 0.100. The molecule has 0 unspecified atom stereocenters. The maximum absolute atomic E-state index is 11.6. The number of amides is 2. The smallest absolute Gasteiger partial charge is 0.321 e. The number of carbonyl (C=O) groups excluding carboxylic acids is 1. The van der Waals surface area contributed by atoms with Crippen LogP contribution < -0.4 is 14.9 Å². The molecule has 1 heterocycles. The Kier molecular flexibility index (Phi) is 3.94. The fraction of sp³-hybridized carbons (Fsp3) is 0.417. The van der Waals surface area contributed by atoms with Crippen LogP contribution in [0.1, 0.15) is 13.3 Å². The van der Waals surface area contributed by atoms with Crippen LogP contribution in [0.25, 0.3) is 0 Å². The fourth-order valence-electron chi connectivity index (χ4n) is 1.93. The Morgan fingerprint density at radius 2 is 2.00 bits per heavy atom. The Hall–Kier alpha value is -1.76. The molecule has 7 heteroatoms. The SMILES string of the molecule is CCCS(=O)(=O)Nc1ccc(N2CCNC2=O)cc1. The average Bonchev–Trinajstić information content (AvgIpc) is 2.76. The number of nitrogens with zero attached hydrogens (tertiary/aromatic N) is 1. The summed E-state index contributed by atoms with van der Waals surface area (Å²) in [4.78, 5) is 13.1. The number of hydrogen-bond acceptors (Lipinski definition) is 3. The Labute approximate surface area is 112 Å². The molecule has 1 aromatic rings. The van der Waals surface area contributed by atoms with E-state index >= 15 is 0 Å². The molecule has 2 amide bonds.